The zero-order valence-corrected chi connectivity index (χ0v) is 20.9. The van der Waals surface area contributed by atoms with Crippen molar-refractivity contribution >= 4 is 43.9 Å². The number of anilines is 2. The maximum Gasteiger partial charge on any atom is 0.341 e. The molecule has 7 nitrogen and oxygen atoms in total. The van der Waals surface area contributed by atoms with Gasteiger partial charge in [-0.05, 0) is 74.9 Å². The Morgan fingerprint density at radius 1 is 1.06 bits per heavy atom. The monoisotopic (exact) mass is 498 g/mol. The minimum Gasteiger partial charge on any atom is -0.462 e. The van der Waals surface area contributed by atoms with Gasteiger partial charge in [0.15, 0.2) is 0 Å². The lowest BCUT2D eigenvalue weighted by Crippen LogP contribution is -2.18. The molecule has 0 fully saturated rings. The summed E-state index contributed by atoms with van der Waals surface area (Å²) >= 11 is 1.38. The number of carbonyl (C=O) groups is 2. The van der Waals surface area contributed by atoms with Crippen LogP contribution in [0.1, 0.15) is 55.6 Å². The van der Waals surface area contributed by atoms with E-state index in [0.717, 1.165) is 35.3 Å². The number of fused-ring (bicyclic) bond motifs is 1. The number of ether oxygens (including phenoxy) is 1. The summed E-state index contributed by atoms with van der Waals surface area (Å²) in [4.78, 5) is 26.8. The first-order valence-corrected chi connectivity index (χ1v) is 13.3. The van der Waals surface area contributed by atoms with Gasteiger partial charge < -0.3 is 10.1 Å². The van der Waals surface area contributed by atoms with Crippen molar-refractivity contribution in [2.75, 3.05) is 16.6 Å². The van der Waals surface area contributed by atoms with Gasteiger partial charge in [0.1, 0.15) is 5.00 Å². The number of thiophene rings is 1. The first-order chi connectivity index (χ1) is 16.2. The number of nitrogens with one attached hydrogen (secondary N) is 2. The Morgan fingerprint density at radius 2 is 1.82 bits per heavy atom. The molecular formula is C25H26N2O5S2. The maximum absolute atomic E-state index is 13.1. The molecule has 1 amide bonds. The maximum atomic E-state index is 13.1. The van der Waals surface area contributed by atoms with Crippen LogP contribution >= 0.6 is 11.3 Å². The third kappa shape index (κ3) is 4.71. The van der Waals surface area contributed by atoms with Crippen molar-refractivity contribution in [2.45, 2.75) is 44.9 Å². The number of esters is 1. The number of aryl methyl sites for hydroxylation is 3. The fraction of sp³-hybridized carbons (Fsp3) is 0.280. The van der Waals surface area contributed by atoms with Gasteiger partial charge in [-0.3, -0.25) is 9.52 Å². The lowest BCUT2D eigenvalue weighted by molar-refractivity contribution is 0.0527. The predicted octanol–water partition coefficient (Wildman–Crippen LogP) is 5.08. The highest BCUT2D eigenvalue weighted by Crippen LogP contribution is 2.39. The zero-order chi connectivity index (χ0) is 24.5. The van der Waals surface area contributed by atoms with Crippen molar-refractivity contribution in [1.82, 2.24) is 0 Å². The Labute approximate surface area is 203 Å². The summed E-state index contributed by atoms with van der Waals surface area (Å²) < 4.78 is 34.1. The van der Waals surface area contributed by atoms with Crippen LogP contribution in [0.2, 0.25) is 0 Å². The van der Waals surface area contributed by atoms with Crippen LogP contribution < -0.4 is 10.0 Å². The molecule has 178 valence electrons. The summed E-state index contributed by atoms with van der Waals surface area (Å²) in [6.45, 7) is 5.47. The normalized spacial score (nSPS) is 12.8. The molecule has 0 unspecified atom stereocenters. The van der Waals surface area contributed by atoms with Crippen molar-refractivity contribution in [3.63, 3.8) is 0 Å². The molecular weight excluding hydrogens is 472 g/mol. The second kappa shape index (κ2) is 9.60. The number of benzene rings is 2. The van der Waals surface area contributed by atoms with Crippen LogP contribution in [0.5, 0.6) is 0 Å². The first kappa shape index (κ1) is 24.0. The van der Waals surface area contributed by atoms with Gasteiger partial charge in [0.05, 0.1) is 22.8 Å². The standard InChI is InChI=1S/C25H26N2O5S2/c1-4-32-25(29)22-18-9-7-11-20(18)33-24(22)26-23(28)17-13-12-16(3)21(14-17)34(30,31)27-19-10-6-5-8-15(19)2/h5-6,8,10,12-14,27H,4,7,9,11H2,1-3H3,(H,26,28). The molecule has 1 aliphatic carbocycles. The molecule has 3 aromatic rings. The molecule has 9 heteroatoms. The Bertz CT molecular complexity index is 1380. The van der Waals surface area contributed by atoms with Crippen LogP contribution in [-0.4, -0.2) is 26.9 Å². The van der Waals surface area contributed by atoms with Crippen LogP contribution in [0.15, 0.2) is 47.4 Å². The van der Waals surface area contributed by atoms with E-state index in [1.807, 2.05) is 19.1 Å². The summed E-state index contributed by atoms with van der Waals surface area (Å²) in [5.41, 5.74) is 3.31. The summed E-state index contributed by atoms with van der Waals surface area (Å²) in [5.74, 6) is -0.940. The van der Waals surface area contributed by atoms with Crippen LogP contribution in [0.25, 0.3) is 0 Å². The number of para-hydroxylation sites is 1. The number of sulfonamides is 1. The molecule has 0 atom stereocenters. The fourth-order valence-corrected chi connectivity index (χ4v) is 6.68. The summed E-state index contributed by atoms with van der Waals surface area (Å²) in [6, 6.07) is 11.6. The third-order valence-corrected chi connectivity index (χ3v) is 8.47. The highest BCUT2D eigenvalue weighted by molar-refractivity contribution is 7.92. The molecule has 2 aromatic carbocycles. The van der Waals surface area contributed by atoms with Crippen LogP contribution in [0.3, 0.4) is 0 Å². The topological polar surface area (TPSA) is 102 Å². The van der Waals surface area contributed by atoms with E-state index in [0.29, 0.717) is 21.8 Å². The lowest BCUT2D eigenvalue weighted by Gasteiger charge is -2.14. The van der Waals surface area contributed by atoms with Gasteiger partial charge in [-0.25, -0.2) is 13.2 Å². The highest BCUT2D eigenvalue weighted by atomic mass is 32.2. The van der Waals surface area contributed by atoms with Gasteiger partial charge in [-0.2, -0.15) is 0 Å². The van der Waals surface area contributed by atoms with Crippen molar-refractivity contribution in [2.24, 2.45) is 0 Å². The predicted molar refractivity (Wildman–Crippen MR) is 133 cm³/mol. The lowest BCUT2D eigenvalue weighted by atomic mass is 10.1. The molecule has 34 heavy (non-hydrogen) atoms. The van der Waals surface area contributed by atoms with E-state index in [-0.39, 0.29) is 17.1 Å². The van der Waals surface area contributed by atoms with E-state index in [2.05, 4.69) is 10.0 Å². The second-order valence-electron chi connectivity index (χ2n) is 8.14. The van der Waals surface area contributed by atoms with E-state index < -0.39 is 21.9 Å². The Morgan fingerprint density at radius 3 is 2.56 bits per heavy atom. The fourth-order valence-electron chi connectivity index (χ4n) is 4.00. The van der Waals surface area contributed by atoms with Crippen LogP contribution in [-0.2, 0) is 27.6 Å². The molecule has 2 N–H and O–H groups in total. The molecule has 0 bridgehead atoms. The second-order valence-corrected chi connectivity index (χ2v) is 10.9. The quantitative estimate of drug-likeness (QED) is 0.442. The van der Waals surface area contributed by atoms with Gasteiger partial charge in [0, 0.05) is 10.4 Å². The SMILES string of the molecule is CCOC(=O)c1c(NC(=O)c2ccc(C)c(S(=O)(=O)Nc3ccccc3C)c2)sc2c1CCC2. The molecule has 0 aliphatic heterocycles. The van der Waals surface area contributed by atoms with Gasteiger partial charge in [0.2, 0.25) is 0 Å². The molecule has 0 saturated carbocycles. The van der Waals surface area contributed by atoms with Gasteiger partial charge in [-0.15, -0.1) is 11.3 Å². The summed E-state index contributed by atoms with van der Waals surface area (Å²) in [6.07, 6.45) is 2.60. The summed E-state index contributed by atoms with van der Waals surface area (Å²) in [5, 5.41) is 3.26. The minimum atomic E-state index is -3.92. The molecule has 1 aliphatic rings. The number of amides is 1. The molecule has 4 rings (SSSR count). The van der Waals surface area contributed by atoms with E-state index in [1.54, 1.807) is 38.1 Å². The zero-order valence-electron chi connectivity index (χ0n) is 19.2. The van der Waals surface area contributed by atoms with E-state index in [4.69, 9.17) is 4.74 Å². The summed E-state index contributed by atoms with van der Waals surface area (Å²) in [7, 11) is -3.92. The highest BCUT2D eigenvalue weighted by Gasteiger charge is 2.29. The average Bonchev–Trinajstić information content (AvgIpc) is 3.36. The smallest absolute Gasteiger partial charge is 0.341 e. The van der Waals surface area contributed by atoms with Gasteiger partial charge >= 0.3 is 5.97 Å². The average molecular weight is 499 g/mol. The number of hydrogen-bond donors (Lipinski definition) is 2. The molecule has 0 radical (unpaired) electrons. The molecule has 1 heterocycles. The number of rotatable bonds is 7. The van der Waals surface area contributed by atoms with Crippen molar-refractivity contribution in [3.8, 4) is 0 Å². The van der Waals surface area contributed by atoms with Crippen LogP contribution in [0, 0.1) is 13.8 Å². The van der Waals surface area contributed by atoms with Crippen molar-refractivity contribution in [3.05, 3.63) is 75.2 Å². The molecule has 0 spiro atoms. The van der Waals surface area contributed by atoms with Gasteiger partial charge in [0.25, 0.3) is 15.9 Å². The molecule has 0 saturated heterocycles. The van der Waals surface area contributed by atoms with Crippen LogP contribution in [0.4, 0.5) is 10.7 Å². The Balaban J connectivity index is 1.63. The van der Waals surface area contributed by atoms with E-state index in [9.17, 15) is 18.0 Å². The third-order valence-electron chi connectivity index (χ3n) is 5.76. The number of carbonyl (C=O) groups excluding carboxylic acids is 2. The van der Waals surface area contributed by atoms with E-state index >= 15 is 0 Å². The van der Waals surface area contributed by atoms with Crippen molar-refractivity contribution < 1.29 is 22.7 Å². The van der Waals surface area contributed by atoms with E-state index in [1.165, 1.54) is 17.4 Å². The number of hydrogen-bond acceptors (Lipinski definition) is 6. The largest absolute Gasteiger partial charge is 0.462 e. The molecule has 1 aromatic heterocycles. The Hall–Kier alpha value is -3.17. The first-order valence-electron chi connectivity index (χ1n) is 11.0. The minimum absolute atomic E-state index is 0.0164. The Kier molecular flexibility index (Phi) is 6.77. The van der Waals surface area contributed by atoms with Gasteiger partial charge in [-0.1, -0.05) is 24.3 Å². The van der Waals surface area contributed by atoms with Crippen molar-refractivity contribution in [1.29, 1.82) is 0 Å².